The van der Waals surface area contributed by atoms with Gasteiger partial charge in [0, 0.05) is 0 Å². The maximum Gasteiger partial charge on any atom is 0.307 e. The molecule has 4 heteroatoms. The van der Waals surface area contributed by atoms with E-state index in [0.29, 0.717) is 12.3 Å². The van der Waals surface area contributed by atoms with Crippen LogP contribution in [0.2, 0.25) is 0 Å². The van der Waals surface area contributed by atoms with Crippen molar-refractivity contribution in [3.05, 3.63) is 0 Å². The zero-order valence-corrected chi connectivity index (χ0v) is 9.14. The van der Waals surface area contributed by atoms with E-state index in [2.05, 4.69) is 0 Å². The standard InChI is InChI=1S/C11H18O4/c1-3-7-4-5-8(10(12)13)9(6(7)2)11(14)15/h6-9H,3-5H2,1-2H3,(H,12,13)(H,14,15). The van der Waals surface area contributed by atoms with Crippen LogP contribution in [0.25, 0.3) is 0 Å². The second-order valence-electron chi connectivity index (χ2n) is 4.41. The lowest BCUT2D eigenvalue weighted by atomic mass is 9.66. The molecule has 86 valence electrons. The van der Waals surface area contributed by atoms with Crippen LogP contribution < -0.4 is 0 Å². The van der Waals surface area contributed by atoms with Crippen LogP contribution in [-0.4, -0.2) is 22.2 Å². The van der Waals surface area contributed by atoms with E-state index < -0.39 is 23.8 Å². The number of carboxylic acids is 2. The zero-order valence-electron chi connectivity index (χ0n) is 9.14. The van der Waals surface area contributed by atoms with E-state index in [-0.39, 0.29) is 5.92 Å². The molecule has 0 aliphatic heterocycles. The first-order valence-corrected chi connectivity index (χ1v) is 5.44. The average Bonchev–Trinajstić information content (AvgIpc) is 2.16. The number of rotatable bonds is 3. The fourth-order valence-electron chi connectivity index (χ4n) is 2.75. The lowest BCUT2D eigenvalue weighted by Crippen LogP contribution is -2.41. The van der Waals surface area contributed by atoms with Gasteiger partial charge in [-0.15, -0.1) is 0 Å². The van der Waals surface area contributed by atoms with Gasteiger partial charge in [-0.2, -0.15) is 0 Å². The summed E-state index contributed by atoms with van der Waals surface area (Å²) in [6, 6.07) is 0. The molecule has 0 aromatic rings. The maximum atomic E-state index is 11.1. The van der Waals surface area contributed by atoms with Crippen molar-refractivity contribution in [3.63, 3.8) is 0 Å². The minimum Gasteiger partial charge on any atom is -0.481 e. The molecule has 1 rings (SSSR count). The first kappa shape index (κ1) is 12.0. The first-order valence-electron chi connectivity index (χ1n) is 5.44. The first-order chi connectivity index (χ1) is 6.99. The summed E-state index contributed by atoms with van der Waals surface area (Å²) in [5.74, 6) is -3.05. The lowest BCUT2D eigenvalue weighted by molar-refractivity contribution is -0.159. The monoisotopic (exact) mass is 214 g/mol. The van der Waals surface area contributed by atoms with E-state index in [4.69, 9.17) is 10.2 Å². The van der Waals surface area contributed by atoms with Gasteiger partial charge < -0.3 is 10.2 Å². The van der Waals surface area contributed by atoms with Crippen LogP contribution in [0.15, 0.2) is 0 Å². The van der Waals surface area contributed by atoms with Gasteiger partial charge in [0.25, 0.3) is 0 Å². The van der Waals surface area contributed by atoms with Crippen molar-refractivity contribution < 1.29 is 19.8 Å². The quantitative estimate of drug-likeness (QED) is 0.751. The van der Waals surface area contributed by atoms with E-state index >= 15 is 0 Å². The third-order valence-corrected chi connectivity index (χ3v) is 3.72. The third-order valence-electron chi connectivity index (χ3n) is 3.72. The van der Waals surface area contributed by atoms with Crippen LogP contribution in [0.4, 0.5) is 0 Å². The van der Waals surface area contributed by atoms with E-state index in [0.717, 1.165) is 12.8 Å². The Balaban J connectivity index is 2.87. The van der Waals surface area contributed by atoms with Gasteiger partial charge in [-0.3, -0.25) is 9.59 Å². The summed E-state index contributed by atoms with van der Waals surface area (Å²) in [6.45, 7) is 3.89. The van der Waals surface area contributed by atoms with Crippen LogP contribution >= 0.6 is 0 Å². The fourth-order valence-corrected chi connectivity index (χ4v) is 2.75. The Morgan fingerprint density at radius 1 is 1.20 bits per heavy atom. The van der Waals surface area contributed by atoms with Crippen molar-refractivity contribution in [2.45, 2.75) is 33.1 Å². The highest BCUT2D eigenvalue weighted by atomic mass is 16.4. The number of carboxylic acid groups (broad SMARTS) is 2. The largest absolute Gasteiger partial charge is 0.481 e. The van der Waals surface area contributed by atoms with Gasteiger partial charge in [-0.05, 0) is 24.7 Å². The molecule has 0 spiro atoms. The van der Waals surface area contributed by atoms with Gasteiger partial charge in [0.05, 0.1) is 11.8 Å². The Labute approximate surface area is 89.3 Å². The number of carbonyl (C=O) groups is 2. The molecule has 0 aromatic carbocycles. The Kier molecular flexibility index (Phi) is 3.72. The van der Waals surface area contributed by atoms with Gasteiger partial charge in [-0.25, -0.2) is 0 Å². The minimum absolute atomic E-state index is 0.0395. The molecule has 0 saturated heterocycles. The topological polar surface area (TPSA) is 74.6 Å². The molecule has 0 heterocycles. The molecule has 0 bridgehead atoms. The van der Waals surface area contributed by atoms with Crippen molar-refractivity contribution >= 4 is 11.9 Å². The van der Waals surface area contributed by atoms with Crippen molar-refractivity contribution in [2.75, 3.05) is 0 Å². The minimum atomic E-state index is -0.969. The van der Waals surface area contributed by atoms with Crippen LogP contribution in [-0.2, 0) is 9.59 Å². The van der Waals surface area contributed by atoms with E-state index in [1.807, 2.05) is 13.8 Å². The molecule has 1 aliphatic carbocycles. The summed E-state index contributed by atoms with van der Waals surface area (Å²) in [7, 11) is 0. The molecule has 0 aromatic heterocycles. The van der Waals surface area contributed by atoms with E-state index in [1.54, 1.807) is 0 Å². The van der Waals surface area contributed by atoms with Crippen LogP contribution in [0.5, 0.6) is 0 Å². The van der Waals surface area contributed by atoms with Crippen LogP contribution in [0, 0.1) is 23.7 Å². The normalized spacial score (nSPS) is 36.1. The van der Waals surface area contributed by atoms with E-state index in [9.17, 15) is 9.59 Å². The molecule has 0 radical (unpaired) electrons. The van der Waals surface area contributed by atoms with Crippen molar-refractivity contribution in [1.29, 1.82) is 0 Å². The number of hydrogen-bond acceptors (Lipinski definition) is 2. The Morgan fingerprint density at radius 3 is 2.20 bits per heavy atom. The fraction of sp³-hybridized carbons (Fsp3) is 0.818. The molecule has 1 saturated carbocycles. The highest BCUT2D eigenvalue weighted by molar-refractivity contribution is 5.80. The molecule has 1 aliphatic rings. The zero-order chi connectivity index (χ0) is 11.6. The second-order valence-corrected chi connectivity index (χ2v) is 4.41. The van der Waals surface area contributed by atoms with Gasteiger partial charge in [-0.1, -0.05) is 20.3 Å². The third kappa shape index (κ3) is 2.30. The summed E-state index contributed by atoms with van der Waals surface area (Å²) in [5.41, 5.74) is 0. The molecule has 4 nitrogen and oxygen atoms in total. The molecule has 2 N–H and O–H groups in total. The average molecular weight is 214 g/mol. The lowest BCUT2D eigenvalue weighted by Gasteiger charge is -2.37. The SMILES string of the molecule is CCC1CCC(C(=O)O)C(C(=O)O)C1C. The molecular formula is C11H18O4. The van der Waals surface area contributed by atoms with E-state index in [1.165, 1.54) is 0 Å². The number of aliphatic carboxylic acids is 2. The van der Waals surface area contributed by atoms with Crippen LogP contribution in [0.1, 0.15) is 33.1 Å². The summed E-state index contributed by atoms with van der Waals surface area (Å²) < 4.78 is 0. The Morgan fingerprint density at radius 2 is 1.80 bits per heavy atom. The number of hydrogen-bond donors (Lipinski definition) is 2. The summed E-state index contributed by atoms with van der Waals surface area (Å²) in [4.78, 5) is 22.0. The predicted molar refractivity (Wildman–Crippen MR) is 54.4 cm³/mol. The smallest absolute Gasteiger partial charge is 0.307 e. The Hall–Kier alpha value is -1.06. The molecule has 0 amide bonds. The summed E-state index contributed by atoms with van der Waals surface area (Å²) >= 11 is 0. The molecular weight excluding hydrogens is 196 g/mol. The molecule has 4 unspecified atom stereocenters. The predicted octanol–water partition coefficient (Wildman–Crippen LogP) is 1.84. The molecule has 15 heavy (non-hydrogen) atoms. The molecule has 4 atom stereocenters. The van der Waals surface area contributed by atoms with Gasteiger partial charge in [0.15, 0.2) is 0 Å². The highest BCUT2D eigenvalue weighted by Crippen LogP contribution is 2.40. The van der Waals surface area contributed by atoms with Crippen molar-refractivity contribution in [3.8, 4) is 0 Å². The summed E-state index contributed by atoms with van der Waals surface area (Å²) in [6.07, 6.45) is 2.25. The highest BCUT2D eigenvalue weighted by Gasteiger charge is 2.43. The second kappa shape index (κ2) is 4.64. The maximum absolute atomic E-state index is 11.1. The Bertz CT molecular complexity index is 261. The van der Waals surface area contributed by atoms with Gasteiger partial charge in [0.1, 0.15) is 0 Å². The van der Waals surface area contributed by atoms with Gasteiger partial charge >= 0.3 is 11.9 Å². The van der Waals surface area contributed by atoms with Crippen molar-refractivity contribution in [2.24, 2.45) is 23.7 Å². The van der Waals surface area contributed by atoms with Crippen LogP contribution in [0.3, 0.4) is 0 Å². The summed E-state index contributed by atoms with van der Waals surface area (Å²) in [5, 5.41) is 18.0. The molecule has 1 fully saturated rings. The van der Waals surface area contributed by atoms with Crippen molar-refractivity contribution in [1.82, 2.24) is 0 Å². The van der Waals surface area contributed by atoms with Gasteiger partial charge in [0.2, 0.25) is 0 Å².